The molecule has 1 aromatic rings. The number of nitrogens with zero attached hydrogens (tertiary/aromatic N) is 1. The molecule has 0 saturated carbocycles. The predicted molar refractivity (Wildman–Crippen MR) is 109 cm³/mol. The van der Waals surface area contributed by atoms with Crippen LogP contribution in [0, 0.1) is 6.92 Å². The predicted octanol–water partition coefficient (Wildman–Crippen LogP) is 3.74. The molecule has 1 aliphatic rings. The van der Waals surface area contributed by atoms with Crippen LogP contribution in [0.15, 0.2) is 40.6 Å². The van der Waals surface area contributed by atoms with Crippen LogP contribution in [0.4, 0.5) is 4.79 Å². The van der Waals surface area contributed by atoms with E-state index < -0.39 is 40.4 Å². The molecule has 28 heavy (non-hydrogen) atoms. The molecule has 1 aromatic carbocycles. The molecule has 1 heterocycles. The number of aliphatic hydroxyl groups is 1. The molecular weight excluding hydrogens is 378 g/mol. The Kier molecular flexibility index (Phi) is 6.74. The van der Waals surface area contributed by atoms with Crippen molar-refractivity contribution in [2.75, 3.05) is 6.61 Å². The highest BCUT2D eigenvalue weighted by Crippen LogP contribution is 2.32. The molecule has 3 atom stereocenters. The molecule has 6 nitrogen and oxygen atoms in total. The van der Waals surface area contributed by atoms with Gasteiger partial charge in [0.2, 0.25) is 0 Å². The Morgan fingerprint density at radius 3 is 2.50 bits per heavy atom. The summed E-state index contributed by atoms with van der Waals surface area (Å²) in [4.78, 5) is 15.1. The lowest BCUT2D eigenvalue weighted by Crippen LogP contribution is -2.53. The van der Waals surface area contributed by atoms with Crippen LogP contribution in [0.25, 0.3) is 0 Å². The number of ether oxygens (including phenoxy) is 2. The third kappa shape index (κ3) is 5.43. The van der Waals surface area contributed by atoms with Gasteiger partial charge in [0.05, 0.1) is 29.6 Å². The van der Waals surface area contributed by atoms with E-state index in [0.29, 0.717) is 9.80 Å². The maximum Gasteiger partial charge on any atom is 0.412 e. The SMILES string of the molecule is C=C(C[C@@H](O)[C@@H]1COC(C)(C)N1C(=O)OC(C)(C)C)[S@@](=O)c1ccc(C)cc1. The molecule has 0 aromatic heterocycles. The van der Waals surface area contributed by atoms with E-state index in [2.05, 4.69) is 6.58 Å². The minimum absolute atomic E-state index is 0.0872. The van der Waals surface area contributed by atoms with Crippen molar-refractivity contribution in [3.05, 3.63) is 41.3 Å². The number of carbonyl (C=O) groups is 1. The maximum atomic E-state index is 12.7. The van der Waals surface area contributed by atoms with Gasteiger partial charge in [0, 0.05) is 16.2 Å². The zero-order valence-electron chi connectivity index (χ0n) is 17.5. The summed E-state index contributed by atoms with van der Waals surface area (Å²) < 4.78 is 23.9. The first kappa shape index (κ1) is 22.6. The number of aryl methyl sites for hydroxylation is 1. The Bertz CT molecular complexity index is 751. The molecule has 1 N–H and O–H groups in total. The minimum atomic E-state index is -1.44. The zero-order chi connectivity index (χ0) is 21.3. The molecule has 1 saturated heterocycles. The van der Waals surface area contributed by atoms with Crippen molar-refractivity contribution < 1.29 is 23.6 Å². The fourth-order valence-electron chi connectivity index (χ4n) is 3.06. The zero-order valence-corrected chi connectivity index (χ0v) is 18.3. The topological polar surface area (TPSA) is 76.1 Å². The number of hydrogen-bond acceptors (Lipinski definition) is 5. The van der Waals surface area contributed by atoms with E-state index in [1.54, 1.807) is 46.8 Å². The Hall–Kier alpha value is -1.70. The minimum Gasteiger partial charge on any atom is -0.444 e. The van der Waals surface area contributed by atoms with E-state index in [1.165, 1.54) is 4.90 Å². The van der Waals surface area contributed by atoms with Gasteiger partial charge in [-0.15, -0.1) is 0 Å². The summed E-state index contributed by atoms with van der Waals surface area (Å²) in [5.74, 6) is 0. The number of aliphatic hydroxyl groups excluding tert-OH is 1. The molecule has 0 bridgehead atoms. The summed E-state index contributed by atoms with van der Waals surface area (Å²) in [5.41, 5.74) is -0.502. The van der Waals surface area contributed by atoms with Crippen molar-refractivity contribution in [2.45, 2.75) is 76.3 Å². The summed E-state index contributed by atoms with van der Waals surface area (Å²) in [6.07, 6.45) is -1.44. The average molecular weight is 410 g/mol. The summed E-state index contributed by atoms with van der Waals surface area (Å²) in [7, 11) is -1.44. The highest BCUT2D eigenvalue weighted by atomic mass is 32.2. The van der Waals surface area contributed by atoms with Crippen LogP contribution in [0.3, 0.4) is 0 Å². The van der Waals surface area contributed by atoms with Gasteiger partial charge in [0.15, 0.2) is 0 Å². The Balaban J connectivity index is 2.11. The number of benzene rings is 1. The van der Waals surface area contributed by atoms with Crippen LogP contribution in [0.2, 0.25) is 0 Å². The Labute approximate surface area is 170 Å². The highest BCUT2D eigenvalue weighted by molar-refractivity contribution is 7.89. The van der Waals surface area contributed by atoms with E-state index in [1.807, 2.05) is 19.1 Å². The Morgan fingerprint density at radius 2 is 1.96 bits per heavy atom. The molecule has 0 unspecified atom stereocenters. The molecule has 0 spiro atoms. The van der Waals surface area contributed by atoms with Crippen LogP contribution in [0.1, 0.15) is 46.6 Å². The molecule has 0 aliphatic carbocycles. The summed E-state index contributed by atoms with van der Waals surface area (Å²) in [6.45, 7) is 14.9. The first-order valence-corrected chi connectivity index (χ1v) is 10.5. The number of amides is 1. The lowest BCUT2D eigenvalue weighted by Gasteiger charge is -2.36. The van der Waals surface area contributed by atoms with Crippen LogP contribution in [-0.4, -0.2) is 50.4 Å². The molecule has 2 rings (SSSR count). The van der Waals surface area contributed by atoms with Gasteiger partial charge in [-0.2, -0.15) is 0 Å². The first-order chi connectivity index (χ1) is 12.8. The largest absolute Gasteiger partial charge is 0.444 e. The number of carbonyl (C=O) groups excluding carboxylic acids is 1. The standard InChI is InChI=1S/C21H31NO5S/c1-14-8-10-16(11-9-14)28(25)15(2)12-18(23)17-13-26-21(6,7)22(17)19(24)27-20(3,4)5/h8-11,17-18,23H,2,12-13H2,1,3-7H3/t17-,18+,28+/m0/s1. The van der Waals surface area contributed by atoms with Gasteiger partial charge in [-0.05, 0) is 53.7 Å². The van der Waals surface area contributed by atoms with E-state index >= 15 is 0 Å². The molecule has 0 radical (unpaired) electrons. The van der Waals surface area contributed by atoms with Crippen LogP contribution < -0.4 is 0 Å². The van der Waals surface area contributed by atoms with Crippen molar-refractivity contribution in [1.29, 1.82) is 0 Å². The van der Waals surface area contributed by atoms with E-state index in [4.69, 9.17) is 9.47 Å². The van der Waals surface area contributed by atoms with Crippen molar-refractivity contribution in [2.24, 2.45) is 0 Å². The quantitative estimate of drug-likeness (QED) is 0.802. The first-order valence-electron chi connectivity index (χ1n) is 9.32. The van der Waals surface area contributed by atoms with Gasteiger partial charge in [-0.1, -0.05) is 24.3 Å². The highest BCUT2D eigenvalue weighted by Gasteiger charge is 2.48. The second kappa shape index (κ2) is 8.35. The molecular formula is C21H31NO5S. The third-order valence-electron chi connectivity index (χ3n) is 4.49. The van der Waals surface area contributed by atoms with Crippen molar-refractivity contribution in [3.63, 3.8) is 0 Å². The third-order valence-corrected chi connectivity index (χ3v) is 5.88. The average Bonchev–Trinajstić information content (AvgIpc) is 2.88. The summed E-state index contributed by atoms with van der Waals surface area (Å²) in [5, 5.41) is 10.8. The van der Waals surface area contributed by atoms with Crippen LogP contribution in [-0.2, 0) is 20.3 Å². The summed E-state index contributed by atoms with van der Waals surface area (Å²) in [6, 6.07) is 6.73. The number of rotatable bonds is 5. The lowest BCUT2D eigenvalue weighted by molar-refractivity contribution is -0.0676. The van der Waals surface area contributed by atoms with E-state index in [0.717, 1.165) is 5.56 Å². The van der Waals surface area contributed by atoms with Gasteiger partial charge in [0.1, 0.15) is 11.3 Å². The summed E-state index contributed by atoms with van der Waals surface area (Å²) >= 11 is 0. The van der Waals surface area contributed by atoms with Crippen molar-refractivity contribution in [3.8, 4) is 0 Å². The normalized spacial score (nSPS) is 21.2. The monoisotopic (exact) mass is 409 g/mol. The van der Waals surface area contributed by atoms with Gasteiger partial charge in [-0.3, -0.25) is 4.90 Å². The fraction of sp³-hybridized carbons (Fsp3) is 0.571. The lowest BCUT2D eigenvalue weighted by atomic mass is 10.1. The molecule has 1 aliphatic heterocycles. The second-order valence-electron chi connectivity index (χ2n) is 8.57. The maximum absolute atomic E-state index is 12.7. The van der Waals surface area contributed by atoms with Gasteiger partial charge < -0.3 is 14.6 Å². The molecule has 156 valence electrons. The second-order valence-corrected chi connectivity index (χ2v) is 10.2. The van der Waals surface area contributed by atoms with Gasteiger partial charge in [-0.25, -0.2) is 9.00 Å². The van der Waals surface area contributed by atoms with Crippen LogP contribution in [0.5, 0.6) is 0 Å². The molecule has 1 fully saturated rings. The van der Waals surface area contributed by atoms with Crippen molar-refractivity contribution >= 4 is 16.9 Å². The molecule has 1 amide bonds. The number of hydrogen-bond donors (Lipinski definition) is 1. The fourth-order valence-corrected chi connectivity index (χ4v) is 4.09. The molecule has 7 heteroatoms. The Morgan fingerprint density at radius 1 is 1.39 bits per heavy atom. The smallest absolute Gasteiger partial charge is 0.412 e. The van der Waals surface area contributed by atoms with Gasteiger partial charge >= 0.3 is 6.09 Å². The van der Waals surface area contributed by atoms with E-state index in [-0.39, 0.29) is 13.0 Å². The van der Waals surface area contributed by atoms with Crippen molar-refractivity contribution in [1.82, 2.24) is 4.90 Å². The van der Waals surface area contributed by atoms with E-state index in [9.17, 15) is 14.1 Å². The van der Waals surface area contributed by atoms with Gasteiger partial charge in [0.25, 0.3) is 0 Å². The van der Waals surface area contributed by atoms with Crippen LogP contribution >= 0.6 is 0 Å².